The molecule has 0 saturated carbocycles. The normalized spacial score (nSPS) is 10.0. The first-order valence-corrected chi connectivity index (χ1v) is 6.38. The first kappa shape index (κ1) is 12.6. The molecule has 0 spiro atoms. The quantitative estimate of drug-likeness (QED) is 0.639. The van der Waals surface area contributed by atoms with E-state index in [4.69, 9.17) is 16.6 Å². The molecule has 0 atom stereocenters. The fourth-order valence-corrected chi connectivity index (χ4v) is 1.84. The van der Waals surface area contributed by atoms with Crippen LogP contribution >= 0.6 is 12.2 Å². The summed E-state index contributed by atoms with van der Waals surface area (Å²) in [6.45, 7) is 0.833. The lowest BCUT2D eigenvalue weighted by Crippen LogP contribution is -2.29. The molecule has 1 heterocycles. The molecule has 0 amide bonds. The van der Waals surface area contributed by atoms with E-state index in [9.17, 15) is 0 Å². The summed E-state index contributed by atoms with van der Waals surface area (Å²) in [6.07, 6.45) is 3.61. The molecule has 2 rings (SSSR count). The maximum atomic E-state index is 5.26. The number of hydrogen-bond donors (Lipinski definition) is 2. The summed E-state index contributed by atoms with van der Waals surface area (Å²) in [5.41, 5.74) is 1.00. The molecule has 0 aliphatic carbocycles. The molecule has 0 saturated heterocycles. The van der Waals surface area contributed by atoms with Crippen LogP contribution in [0.5, 0.6) is 0 Å². The Bertz CT molecular complexity index is 468. The Balaban J connectivity index is 1.63. The summed E-state index contributed by atoms with van der Waals surface area (Å²) >= 11 is 5.20. The van der Waals surface area contributed by atoms with Crippen LogP contribution in [0.25, 0.3) is 0 Å². The highest BCUT2D eigenvalue weighted by molar-refractivity contribution is 7.80. The molecular weight excluding hydrogens is 244 g/mol. The molecule has 18 heavy (non-hydrogen) atoms. The highest BCUT2D eigenvalue weighted by atomic mass is 32.1. The third-order valence-corrected chi connectivity index (χ3v) is 2.74. The highest BCUT2D eigenvalue weighted by Gasteiger charge is 1.98. The van der Waals surface area contributed by atoms with Gasteiger partial charge in [-0.3, -0.25) is 0 Å². The van der Waals surface area contributed by atoms with Crippen molar-refractivity contribution >= 4 is 23.0 Å². The minimum absolute atomic E-state index is 0.653. The Morgan fingerprint density at radius 2 is 1.94 bits per heavy atom. The fraction of sp³-hybridized carbons (Fsp3) is 0.214. The monoisotopic (exact) mass is 260 g/mol. The van der Waals surface area contributed by atoms with Gasteiger partial charge in [0.2, 0.25) is 0 Å². The van der Waals surface area contributed by atoms with E-state index < -0.39 is 0 Å². The van der Waals surface area contributed by atoms with Gasteiger partial charge in [0.1, 0.15) is 5.76 Å². The molecule has 0 aliphatic rings. The molecule has 0 aliphatic heterocycles. The van der Waals surface area contributed by atoms with Gasteiger partial charge in [-0.1, -0.05) is 18.2 Å². The van der Waals surface area contributed by atoms with Crippen molar-refractivity contribution in [2.75, 3.05) is 11.9 Å². The summed E-state index contributed by atoms with van der Waals surface area (Å²) in [7, 11) is 0. The molecule has 0 radical (unpaired) electrons. The van der Waals surface area contributed by atoms with Gasteiger partial charge in [0.15, 0.2) is 5.11 Å². The Morgan fingerprint density at radius 1 is 1.11 bits per heavy atom. The lowest BCUT2D eigenvalue weighted by Gasteiger charge is -2.09. The largest absolute Gasteiger partial charge is 0.469 e. The van der Waals surface area contributed by atoms with E-state index >= 15 is 0 Å². The van der Waals surface area contributed by atoms with Gasteiger partial charge in [-0.05, 0) is 42.9 Å². The van der Waals surface area contributed by atoms with Crippen LogP contribution in [0, 0.1) is 0 Å². The Morgan fingerprint density at radius 3 is 2.67 bits per heavy atom. The molecule has 1 aromatic carbocycles. The average molecular weight is 260 g/mol. The van der Waals surface area contributed by atoms with E-state index in [1.807, 2.05) is 42.5 Å². The van der Waals surface area contributed by atoms with Gasteiger partial charge >= 0.3 is 0 Å². The minimum Gasteiger partial charge on any atom is -0.469 e. The van der Waals surface area contributed by atoms with Crippen LogP contribution in [0.3, 0.4) is 0 Å². The van der Waals surface area contributed by atoms with E-state index in [1.54, 1.807) is 6.26 Å². The first-order valence-electron chi connectivity index (χ1n) is 5.97. The maximum Gasteiger partial charge on any atom is 0.170 e. The SMILES string of the molecule is S=C(NCCCc1ccco1)Nc1ccccc1. The maximum absolute atomic E-state index is 5.26. The number of thiocarbonyl (C=S) groups is 1. The third-order valence-electron chi connectivity index (χ3n) is 2.50. The molecule has 1 aromatic heterocycles. The van der Waals surface area contributed by atoms with Crippen LogP contribution in [-0.2, 0) is 6.42 Å². The van der Waals surface area contributed by atoms with Crippen molar-refractivity contribution in [3.05, 3.63) is 54.5 Å². The van der Waals surface area contributed by atoms with E-state index in [-0.39, 0.29) is 0 Å². The van der Waals surface area contributed by atoms with Crippen molar-refractivity contribution in [3.63, 3.8) is 0 Å². The lowest BCUT2D eigenvalue weighted by molar-refractivity contribution is 0.501. The van der Waals surface area contributed by atoms with Gasteiger partial charge in [0, 0.05) is 18.7 Å². The molecule has 4 heteroatoms. The van der Waals surface area contributed by atoms with Crippen molar-refractivity contribution in [1.29, 1.82) is 0 Å². The Hall–Kier alpha value is -1.81. The average Bonchev–Trinajstić information content (AvgIpc) is 2.89. The van der Waals surface area contributed by atoms with E-state index in [0.717, 1.165) is 30.8 Å². The van der Waals surface area contributed by atoms with Crippen LogP contribution in [-0.4, -0.2) is 11.7 Å². The summed E-state index contributed by atoms with van der Waals surface area (Å²) in [4.78, 5) is 0. The van der Waals surface area contributed by atoms with Crippen molar-refractivity contribution in [2.45, 2.75) is 12.8 Å². The fourth-order valence-electron chi connectivity index (χ4n) is 1.62. The van der Waals surface area contributed by atoms with Gasteiger partial charge in [-0.25, -0.2) is 0 Å². The number of nitrogens with one attached hydrogen (secondary N) is 2. The summed E-state index contributed by atoms with van der Waals surface area (Å²) < 4.78 is 5.26. The molecule has 94 valence electrons. The Labute approximate surface area is 112 Å². The molecule has 2 N–H and O–H groups in total. The molecule has 0 fully saturated rings. The zero-order valence-electron chi connectivity index (χ0n) is 10.1. The number of para-hydroxylation sites is 1. The van der Waals surface area contributed by atoms with Crippen molar-refractivity contribution < 1.29 is 4.42 Å². The van der Waals surface area contributed by atoms with Gasteiger partial charge in [0.05, 0.1) is 6.26 Å². The molecule has 3 nitrogen and oxygen atoms in total. The number of anilines is 1. The smallest absolute Gasteiger partial charge is 0.170 e. The first-order chi connectivity index (χ1) is 8.84. The van der Waals surface area contributed by atoms with Crippen LogP contribution in [0.4, 0.5) is 5.69 Å². The second-order valence-electron chi connectivity index (χ2n) is 3.93. The molecular formula is C14H16N2OS. The number of aryl methyl sites for hydroxylation is 1. The summed E-state index contributed by atoms with van der Waals surface area (Å²) in [6, 6.07) is 13.8. The molecule has 0 unspecified atom stereocenters. The topological polar surface area (TPSA) is 37.2 Å². The van der Waals surface area contributed by atoms with Gasteiger partial charge < -0.3 is 15.1 Å². The molecule has 0 bridgehead atoms. The predicted octanol–water partition coefficient (Wildman–Crippen LogP) is 3.20. The second kappa shape index (κ2) is 6.81. The van der Waals surface area contributed by atoms with Crippen molar-refractivity contribution in [3.8, 4) is 0 Å². The van der Waals surface area contributed by atoms with Gasteiger partial charge in [0.25, 0.3) is 0 Å². The molecule has 2 aromatic rings. The number of benzene rings is 1. The van der Waals surface area contributed by atoms with Crippen LogP contribution < -0.4 is 10.6 Å². The van der Waals surface area contributed by atoms with Crippen LogP contribution in [0.15, 0.2) is 53.1 Å². The highest BCUT2D eigenvalue weighted by Crippen LogP contribution is 2.05. The number of furan rings is 1. The summed E-state index contributed by atoms with van der Waals surface area (Å²) in [5, 5.41) is 6.96. The number of rotatable bonds is 5. The predicted molar refractivity (Wildman–Crippen MR) is 77.7 cm³/mol. The second-order valence-corrected chi connectivity index (χ2v) is 4.34. The van der Waals surface area contributed by atoms with Gasteiger partial charge in [-0.15, -0.1) is 0 Å². The lowest BCUT2D eigenvalue weighted by atomic mass is 10.2. The Kier molecular flexibility index (Phi) is 4.78. The number of hydrogen-bond acceptors (Lipinski definition) is 2. The van der Waals surface area contributed by atoms with Crippen molar-refractivity contribution in [1.82, 2.24) is 5.32 Å². The minimum atomic E-state index is 0.653. The zero-order chi connectivity index (χ0) is 12.6. The van der Waals surface area contributed by atoms with Crippen LogP contribution in [0.1, 0.15) is 12.2 Å². The summed E-state index contributed by atoms with van der Waals surface area (Å²) in [5.74, 6) is 1.01. The van der Waals surface area contributed by atoms with E-state index in [0.29, 0.717) is 5.11 Å². The standard InChI is InChI=1S/C14H16N2OS/c18-14(16-12-6-2-1-3-7-12)15-10-4-8-13-9-5-11-17-13/h1-3,5-7,9,11H,4,8,10H2,(H2,15,16,18). The van der Waals surface area contributed by atoms with Gasteiger partial charge in [-0.2, -0.15) is 0 Å². The zero-order valence-corrected chi connectivity index (χ0v) is 10.9. The third kappa shape index (κ3) is 4.22. The van der Waals surface area contributed by atoms with Crippen LogP contribution in [0.2, 0.25) is 0 Å². The van der Waals surface area contributed by atoms with E-state index in [2.05, 4.69) is 10.6 Å². The van der Waals surface area contributed by atoms with E-state index in [1.165, 1.54) is 0 Å². The van der Waals surface area contributed by atoms with Crippen molar-refractivity contribution in [2.24, 2.45) is 0 Å².